The van der Waals surface area contributed by atoms with E-state index in [2.05, 4.69) is 0 Å². The molecule has 5 rings (SSSR count). The van der Waals surface area contributed by atoms with Crippen LogP contribution in [0.15, 0.2) is 67.3 Å². The molecular weight excluding hydrogens is 887 g/mol. The van der Waals surface area contributed by atoms with E-state index in [1.54, 1.807) is 0 Å². The Morgan fingerprint density at radius 3 is 1.80 bits per heavy atom. The van der Waals surface area contributed by atoms with Gasteiger partial charge in [0.1, 0.15) is 0 Å². The van der Waals surface area contributed by atoms with Crippen LogP contribution in [-0.4, -0.2) is 64.7 Å². The largest absolute Gasteiger partial charge is 2.00 e. The zero-order valence-electron chi connectivity index (χ0n) is 35.2. The molecule has 0 spiro atoms. The standard InChI is InChI=1S/C43H52N4O16.Co/c1-40(12-11-33(54)55)24(14-35(58)59)38-39-42(3,19-37(62)63)21(6-9-31(50)51)26(45-39)16-29-41(2,18-36(60)61)22(7-10-32(52)53)27(44-29)17-43(4)23(13-34(56)57)20(5-8-30(48)49)25(47-43)15-28(40)46-38;/h15-16,21,24H,5-14,17-19H2,1-4H3,(H10,44,45,46,47,48,49,50,51,52,53,54,55,56,57,58,59,60,61,62,63);/q;+2/p-10/b39-38-;/t21-,24+,40-,41+,42+,43+;/m1./s1. The summed E-state index contributed by atoms with van der Waals surface area (Å²) in [6.07, 6.45) is -5.31. The number of rotatable bonds is 20. The van der Waals surface area contributed by atoms with Crippen LogP contribution in [0.1, 0.15) is 111 Å². The number of nitrogens with zero attached hydrogens (tertiary/aromatic N) is 4. The first-order chi connectivity index (χ1) is 29.2. The first kappa shape index (κ1) is 50.6. The van der Waals surface area contributed by atoms with Crippen LogP contribution < -0.4 is 40.9 Å². The van der Waals surface area contributed by atoms with Gasteiger partial charge < -0.3 is 89.8 Å². The van der Waals surface area contributed by atoms with Gasteiger partial charge in [-0.1, -0.05) is 68.5 Å². The van der Waals surface area contributed by atoms with Gasteiger partial charge in [0.05, 0.1) is 11.4 Å². The Hall–Kier alpha value is -6.09. The summed E-state index contributed by atoms with van der Waals surface area (Å²) < 4.78 is 0. The fourth-order valence-corrected chi connectivity index (χ4v) is 9.90. The molecule has 5 heterocycles. The number of hydrogen-bond donors (Lipinski definition) is 0. The summed E-state index contributed by atoms with van der Waals surface area (Å²) in [5, 5.41) is 108. The van der Waals surface area contributed by atoms with Gasteiger partial charge in [0, 0.05) is 88.3 Å². The Labute approximate surface area is 376 Å². The number of aliphatic carboxylic acids is 8. The van der Waals surface area contributed by atoms with Gasteiger partial charge in [-0.15, -0.1) is 11.4 Å². The summed E-state index contributed by atoms with van der Waals surface area (Å²) in [7, 11) is 0. The zero-order chi connectivity index (χ0) is 47.0. The maximum absolute atomic E-state index is 12.6. The van der Waals surface area contributed by atoms with Crippen LogP contribution in [0, 0.1) is 28.1 Å². The Balaban J connectivity index is 0.00000898. The second-order valence-corrected chi connectivity index (χ2v) is 17.4. The molecule has 5 aliphatic rings. The van der Waals surface area contributed by atoms with Crippen molar-refractivity contribution in [3.8, 4) is 0 Å². The number of carboxylic acid groups (broad SMARTS) is 8. The molecule has 8 bridgehead atoms. The Kier molecular flexibility index (Phi) is 15.0. The second kappa shape index (κ2) is 18.9. The van der Waals surface area contributed by atoms with E-state index < -0.39 is 139 Å². The molecule has 0 unspecified atom stereocenters. The van der Waals surface area contributed by atoms with Crippen molar-refractivity contribution >= 4 is 59.2 Å². The van der Waals surface area contributed by atoms with Crippen molar-refractivity contribution in [3.05, 3.63) is 68.0 Å². The Bertz CT molecular complexity index is 2310. The summed E-state index contributed by atoms with van der Waals surface area (Å²) in [5.41, 5.74) is -7.23. The molecule has 0 aromatic heterocycles. The van der Waals surface area contributed by atoms with E-state index in [0.29, 0.717) is 0 Å². The zero-order valence-corrected chi connectivity index (χ0v) is 36.2. The number of fused-ring (bicyclic) bond motifs is 6. The fraction of sp³-hybridized carbons (Fsp3) is 0.535. The van der Waals surface area contributed by atoms with E-state index in [1.165, 1.54) is 39.8 Å². The summed E-state index contributed by atoms with van der Waals surface area (Å²) in [4.78, 5) is 108. The van der Waals surface area contributed by atoms with Crippen LogP contribution in [0.4, 0.5) is 0 Å². The monoisotopic (exact) mass is 929 g/mol. The van der Waals surface area contributed by atoms with E-state index in [1.807, 2.05) is 0 Å². The van der Waals surface area contributed by atoms with Gasteiger partial charge in [0.25, 0.3) is 0 Å². The summed E-state index contributed by atoms with van der Waals surface area (Å²) in [6.45, 7) is 5.77. The molecule has 0 fully saturated rings. The predicted octanol–water partition coefficient (Wildman–Crippen LogP) is -4.71. The Morgan fingerprint density at radius 1 is 0.656 bits per heavy atom. The van der Waals surface area contributed by atoms with Crippen molar-refractivity contribution in [1.82, 2.24) is 0 Å². The number of carbonyl (C=O) groups is 8. The molecule has 0 aromatic carbocycles. The molecule has 0 N–H and O–H groups in total. The topological polar surface area (TPSA) is 374 Å². The molecule has 6 atom stereocenters. The number of aliphatic imine (C=N–C) groups is 2. The van der Waals surface area contributed by atoms with Crippen molar-refractivity contribution in [3.63, 3.8) is 0 Å². The first-order valence-electron chi connectivity index (χ1n) is 20.1. The van der Waals surface area contributed by atoms with Crippen LogP contribution in [-0.2, 0) is 55.1 Å². The van der Waals surface area contributed by atoms with Gasteiger partial charge in [-0.05, 0) is 76.0 Å². The van der Waals surface area contributed by atoms with E-state index >= 15 is 0 Å². The van der Waals surface area contributed by atoms with Crippen molar-refractivity contribution in [1.29, 1.82) is 0 Å². The molecule has 0 saturated heterocycles. The molecule has 20 nitrogen and oxygen atoms in total. The van der Waals surface area contributed by atoms with Gasteiger partial charge in [0.15, 0.2) is 0 Å². The molecule has 0 saturated carbocycles. The molecule has 1 radical (unpaired) electrons. The third-order valence-electron chi connectivity index (χ3n) is 13.0. The van der Waals surface area contributed by atoms with E-state index in [0.717, 1.165) is 0 Å². The summed E-state index contributed by atoms with van der Waals surface area (Å²) in [5.74, 6) is -15.2. The van der Waals surface area contributed by atoms with E-state index in [9.17, 15) is 79.2 Å². The Morgan fingerprint density at radius 2 is 1.25 bits per heavy atom. The molecule has 21 heteroatoms. The van der Waals surface area contributed by atoms with E-state index in [4.69, 9.17) is 20.6 Å². The molecule has 0 amide bonds. The third-order valence-corrected chi connectivity index (χ3v) is 13.0. The van der Waals surface area contributed by atoms with Crippen molar-refractivity contribution < 1.29 is 96.0 Å². The number of carboxylic acids is 8. The average Bonchev–Trinajstić information content (AvgIpc) is 3.73. The minimum atomic E-state index is -1.78. The summed E-state index contributed by atoms with van der Waals surface area (Å²) in [6, 6.07) is 0. The SMILES string of the molecule is C[C@@]1(CC(=O)[O-])C2=CC3=N/C(=C4\N=C(C=C5[N-][C@@](C)(CC(=C1CCC(=O)[O-])[N-]2)C(CC(=O)[O-])=C5CCC(=O)[O-])[C@](C)(CCC(=O)[O-])[C@H]4CC(=O)[O-])[C@@](C)(CC(=O)[O-])[C@@H]3CCC(=O)[O-].[Co+2]. The third kappa shape index (κ3) is 10.1. The normalized spacial score (nSPS) is 29.2. The van der Waals surface area contributed by atoms with E-state index in [-0.39, 0.29) is 99.1 Å². The van der Waals surface area contributed by atoms with Crippen molar-refractivity contribution in [2.24, 2.45) is 38.1 Å². The van der Waals surface area contributed by atoms with Crippen molar-refractivity contribution in [2.75, 3.05) is 0 Å². The summed E-state index contributed by atoms with van der Waals surface area (Å²) >= 11 is 0. The maximum atomic E-state index is 12.6. The van der Waals surface area contributed by atoms with Crippen LogP contribution in [0.3, 0.4) is 0 Å². The minimum Gasteiger partial charge on any atom is -0.675 e. The molecule has 347 valence electrons. The van der Waals surface area contributed by atoms with Gasteiger partial charge in [0.2, 0.25) is 0 Å². The van der Waals surface area contributed by atoms with Crippen LogP contribution in [0.25, 0.3) is 10.6 Å². The molecule has 5 aliphatic heterocycles. The van der Waals surface area contributed by atoms with Crippen LogP contribution >= 0.6 is 0 Å². The van der Waals surface area contributed by atoms with Gasteiger partial charge in [-0.25, -0.2) is 0 Å². The quantitative estimate of drug-likeness (QED) is 0.111. The van der Waals surface area contributed by atoms with Crippen LogP contribution in [0.5, 0.6) is 0 Å². The minimum absolute atomic E-state index is 0. The number of carbonyl (C=O) groups excluding carboxylic acids is 8. The molecule has 0 aromatic rings. The second-order valence-electron chi connectivity index (χ2n) is 17.4. The van der Waals surface area contributed by atoms with Crippen LogP contribution in [0.2, 0.25) is 0 Å². The number of allylic oxidation sites excluding steroid dienone is 6. The first-order valence-corrected chi connectivity index (χ1v) is 20.1. The van der Waals surface area contributed by atoms with Gasteiger partial charge >= 0.3 is 16.8 Å². The van der Waals surface area contributed by atoms with Gasteiger partial charge in [-0.3, -0.25) is 9.98 Å². The van der Waals surface area contributed by atoms with Gasteiger partial charge in [-0.2, -0.15) is 5.70 Å². The number of hydrogen-bond acceptors (Lipinski definition) is 18. The molecule has 0 aliphatic carbocycles. The smallest absolute Gasteiger partial charge is 0.675 e. The predicted molar refractivity (Wildman–Crippen MR) is 199 cm³/mol. The average molecular weight is 930 g/mol. The molecule has 64 heavy (non-hydrogen) atoms. The molecular formula is C43H42CoN4O16-8. The van der Waals surface area contributed by atoms with Crippen molar-refractivity contribution in [2.45, 2.75) is 117 Å². The fourth-order valence-electron chi connectivity index (χ4n) is 9.90. The maximum Gasteiger partial charge on any atom is 2.00 e.